The van der Waals surface area contributed by atoms with E-state index in [1.54, 1.807) is 106 Å². The predicted molar refractivity (Wildman–Crippen MR) is 150 cm³/mol. The van der Waals surface area contributed by atoms with E-state index in [0.29, 0.717) is 11.1 Å². The number of alkyl carbamates (subject to hydrolysis) is 1. The molecule has 2 unspecified atom stereocenters. The van der Waals surface area contributed by atoms with Gasteiger partial charge in [-0.25, -0.2) is 4.79 Å². The molecule has 6 nitrogen and oxygen atoms in total. The second kappa shape index (κ2) is 13.4. The Morgan fingerprint density at radius 2 is 1.32 bits per heavy atom. The number of hydrogen-bond donors (Lipinski definition) is 2. The summed E-state index contributed by atoms with van der Waals surface area (Å²) in [5.74, 6) is -7.95. The van der Waals surface area contributed by atoms with Crippen molar-refractivity contribution >= 4 is 17.7 Å². The quantitative estimate of drug-likeness (QED) is 0.268. The number of nitrogens with one attached hydrogen (secondary N) is 1. The second-order valence-electron chi connectivity index (χ2n) is 10.9. The summed E-state index contributed by atoms with van der Waals surface area (Å²) in [6, 6.07) is 23.3. The van der Waals surface area contributed by atoms with Crippen LogP contribution in [0.3, 0.4) is 0 Å². The summed E-state index contributed by atoms with van der Waals surface area (Å²) < 4.78 is 36.3. The zero-order chi connectivity index (χ0) is 29.3. The molecular formula is C32H36F2N2O4. The minimum Gasteiger partial charge on any atom is -0.445 e. The normalized spacial score (nSPS) is 14.1. The van der Waals surface area contributed by atoms with Crippen molar-refractivity contribution in [3.8, 4) is 0 Å². The molecular weight excluding hydrogens is 514 g/mol. The molecule has 3 rings (SSSR count). The van der Waals surface area contributed by atoms with Gasteiger partial charge in [-0.1, -0.05) is 112 Å². The number of amides is 1. The van der Waals surface area contributed by atoms with E-state index in [0.717, 1.165) is 5.56 Å². The highest BCUT2D eigenvalue weighted by Crippen LogP contribution is 2.33. The Hall–Kier alpha value is -3.91. The number of hydrogen-bond acceptors (Lipinski definition) is 5. The molecule has 0 spiro atoms. The third-order valence-corrected chi connectivity index (χ3v) is 6.63. The zero-order valence-electron chi connectivity index (χ0n) is 23.0. The van der Waals surface area contributed by atoms with Gasteiger partial charge in [-0.2, -0.15) is 8.78 Å². The number of Topliss-reactive ketones (excluding diaryl/α,β-unsaturated/α-hetero) is 2. The van der Waals surface area contributed by atoms with Crippen LogP contribution in [0.15, 0.2) is 91.0 Å². The van der Waals surface area contributed by atoms with E-state index in [1.807, 2.05) is 6.07 Å². The van der Waals surface area contributed by atoms with E-state index in [2.05, 4.69) is 5.32 Å². The molecule has 0 aromatic heterocycles. The molecule has 3 N–H and O–H groups in total. The number of halogens is 2. The largest absolute Gasteiger partial charge is 0.445 e. The molecule has 8 heteroatoms. The van der Waals surface area contributed by atoms with Crippen LogP contribution in [0.5, 0.6) is 0 Å². The Bertz CT molecular complexity index is 1260. The van der Waals surface area contributed by atoms with E-state index in [1.165, 1.54) is 0 Å². The summed E-state index contributed by atoms with van der Waals surface area (Å²) >= 11 is 0. The van der Waals surface area contributed by atoms with Crippen molar-refractivity contribution < 1.29 is 27.9 Å². The fraction of sp³-hybridized carbons (Fsp3) is 0.344. The topological polar surface area (TPSA) is 98.5 Å². The maximum Gasteiger partial charge on any atom is 0.408 e. The van der Waals surface area contributed by atoms with Gasteiger partial charge in [0.15, 0.2) is 5.78 Å². The Kier molecular flexibility index (Phi) is 10.3. The Morgan fingerprint density at radius 1 is 0.825 bits per heavy atom. The highest BCUT2D eigenvalue weighted by Gasteiger charge is 2.49. The summed E-state index contributed by atoms with van der Waals surface area (Å²) in [5, 5.41) is 2.53. The Morgan fingerprint density at radius 3 is 1.85 bits per heavy atom. The number of nitrogens with two attached hydrogens (primary N) is 1. The number of ketones is 2. The van der Waals surface area contributed by atoms with Crippen molar-refractivity contribution in [3.05, 3.63) is 108 Å². The molecule has 0 fully saturated rings. The number of benzene rings is 3. The van der Waals surface area contributed by atoms with E-state index >= 15 is 8.78 Å². The van der Waals surface area contributed by atoms with Gasteiger partial charge in [0, 0.05) is 12.5 Å². The molecule has 1 amide bonds. The number of ether oxygens (including phenoxy) is 1. The monoisotopic (exact) mass is 550 g/mol. The molecule has 40 heavy (non-hydrogen) atoms. The van der Waals surface area contributed by atoms with Crippen molar-refractivity contribution in [1.29, 1.82) is 0 Å². The van der Waals surface area contributed by atoms with E-state index in [4.69, 9.17) is 10.5 Å². The molecule has 0 aliphatic carbocycles. The van der Waals surface area contributed by atoms with Crippen molar-refractivity contribution in [2.45, 2.75) is 58.2 Å². The molecule has 0 radical (unpaired) electrons. The minimum absolute atomic E-state index is 0.0421. The molecule has 0 aliphatic rings. The number of alkyl halides is 2. The lowest BCUT2D eigenvalue weighted by Gasteiger charge is -2.33. The van der Waals surface area contributed by atoms with Gasteiger partial charge in [0.1, 0.15) is 6.61 Å². The molecule has 0 heterocycles. The summed E-state index contributed by atoms with van der Waals surface area (Å²) in [7, 11) is 0. The smallest absolute Gasteiger partial charge is 0.408 e. The highest BCUT2D eigenvalue weighted by molar-refractivity contribution is 6.08. The lowest BCUT2D eigenvalue weighted by atomic mass is 9.76. The van der Waals surface area contributed by atoms with Gasteiger partial charge < -0.3 is 15.8 Å². The van der Waals surface area contributed by atoms with Gasteiger partial charge in [0.2, 0.25) is 5.78 Å². The van der Waals surface area contributed by atoms with Gasteiger partial charge in [-0.15, -0.1) is 0 Å². The van der Waals surface area contributed by atoms with Crippen molar-refractivity contribution in [3.63, 3.8) is 0 Å². The van der Waals surface area contributed by atoms with Crippen LogP contribution in [0.2, 0.25) is 0 Å². The first-order valence-electron chi connectivity index (χ1n) is 13.2. The van der Waals surface area contributed by atoms with Crippen LogP contribution >= 0.6 is 0 Å². The molecule has 0 bridgehead atoms. The van der Waals surface area contributed by atoms with Crippen molar-refractivity contribution in [1.82, 2.24) is 5.32 Å². The first kappa shape index (κ1) is 30.6. The van der Waals surface area contributed by atoms with Gasteiger partial charge in [-0.3, -0.25) is 9.59 Å². The van der Waals surface area contributed by atoms with Gasteiger partial charge in [0.05, 0.1) is 12.0 Å². The molecule has 3 atom stereocenters. The number of carbonyl (C=O) groups excluding carboxylic acids is 3. The Balaban J connectivity index is 1.85. The highest BCUT2D eigenvalue weighted by atomic mass is 19.3. The molecule has 3 aromatic rings. The summed E-state index contributed by atoms with van der Waals surface area (Å²) in [6.07, 6.45) is -2.09. The second-order valence-corrected chi connectivity index (χ2v) is 10.9. The zero-order valence-corrected chi connectivity index (χ0v) is 23.0. The van der Waals surface area contributed by atoms with Crippen LogP contribution < -0.4 is 11.1 Å². The van der Waals surface area contributed by atoms with E-state index in [9.17, 15) is 14.4 Å². The van der Waals surface area contributed by atoms with Gasteiger partial charge in [-0.05, 0) is 28.5 Å². The summed E-state index contributed by atoms with van der Waals surface area (Å²) in [5.41, 5.74) is 6.86. The summed E-state index contributed by atoms with van der Waals surface area (Å²) in [4.78, 5) is 40.0. The van der Waals surface area contributed by atoms with Gasteiger partial charge >= 0.3 is 12.0 Å². The molecule has 212 valence electrons. The average molecular weight is 551 g/mol. The van der Waals surface area contributed by atoms with E-state index < -0.39 is 53.4 Å². The van der Waals surface area contributed by atoms with Crippen molar-refractivity contribution in [2.75, 3.05) is 0 Å². The fourth-order valence-electron chi connectivity index (χ4n) is 4.42. The maximum absolute atomic E-state index is 15.5. The maximum atomic E-state index is 15.5. The number of rotatable bonds is 12. The van der Waals surface area contributed by atoms with Gasteiger partial charge in [0.25, 0.3) is 0 Å². The fourth-order valence-corrected chi connectivity index (χ4v) is 4.42. The lowest BCUT2D eigenvalue weighted by Crippen LogP contribution is -2.54. The minimum atomic E-state index is -3.89. The van der Waals surface area contributed by atoms with Crippen LogP contribution in [-0.2, 0) is 27.4 Å². The molecule has 0 saturated carbocycles. The SMILES string of the molecule is CC(C)(C)[C@H](NC(=O)OCc1ccccc1)C(=O)C(Cc1ccccc1)C(=O)C(F)(F)CC(N)c1ccccc1. The van der Waals surface area contributed by atoms with E-state index in [-0.39, 0.29) is 13.0 Å². The van der Waals surface area contributed by atoms with Crippen LogP contribution in [0, 0.1) is 11.3 Å². The summed E-state index contributed by atoms with van der Waals surface area (Å²) in [6.45, 7) is 5.00. The van der Waals surface area contributed by atoms with Crippen LogP contribution in [0.4, 0.5) is 13.6 Å². The number of carbonyl (C=O) groups is 3. The predicted octanol–water partition coefficient (Wildman–Crippen LogP) is 6.05. The van der Waals surface area contributed by atoms with Crippen LogP contribution in [-0.4, -0.2) is 29.6 Å². The first-order chi connectivity index (χ1) is 18.9. The van der Waals surface area contributed by atoms with Crippen LogP contribution in [0.25, 0.3) is 0 Å². The third-order valence-electron chi connectivity index (χ3n) is 6.63. The average Bonchev–Trinajstić information content (AvgIpc) is 2.93. The molecule has 0 saturated heterocycles. The first-order valence-corrected chi connectivity index (χ1v) is 13.2. The van der Waals surface area contributed by atoms with Crippen molar-refractivity contribution in [2.24, 2.45) is 17.1 Å². The lowest BCUT2D eigenvalue weighted by molar-refractivity contribution is -0.153. The molecule has 3 aromatic carbocycles. The third kappa shape index (κ3) is 8.55. The Labute approximate surface area is 233 Å². The molecule has 0 aliphatic heterocycles. The van der Waals surface area contributed by atoms with Crippen LogP contribution in [0.1, 0.15) is 49.9 Å². The standard InChI is InChI=1S/C32H36F2N2O4/c1-31(2,3)28(36-30(39)40-21-23-15-9-5-10-16-23)27(37)25(19-22-13-7-4-8-14-22)29(38)32(33,34)20-26(35)24-17-11-6-12-18-24/h4-18,25-26,28H,19-21,35H2,1-3H3,(H,36,39)/t25?,26?,28-/m1/s1.